The highest BCUT2D eigenvalue weighted by Gasteiger charge is 2.26. The fraction of sp³-hybridized carbons (Fsp3) is 0.909. The predicted molar refractivity (Wildman–Crippen MR) is 56.1 cm³/mol. The van der Waals surface area contributed by atoms with Gasteiger partial charge in [0, 0.05) is 0 Å². The fourth-order valence-corrected chi connectivity index (χ4v) is 2.09. The van der Waals surface area contributed by atoms with Gasteiger partial charge in [-0.05, 0) is 32.4 Å². The molecular weight excluding hydrogens is 178 g/mol. The number of carbonyl (C=O) groups excluding carboxylic acids is 1. The Kier molecular flexibility index (Phi) is 4.94. The SMILES string of the molecule is CCC[C@@H](C(=O)OC)N1CCCCC1. The molecular formula is C11H21NO2. The molecule has 0 N–H and O–H groups in total. The van der Waals surface area contributed by atoms with Gasteiger partial charge in [-0.1, -0.05) is 19.8 Å². The van der Waals surface area contributed by atoms with Crippen LogP contribution in [0.1, 0.15) is 39.0 Å². The van der Waals surface area contributed by atoms with E-state index in [4.69, 9.17) is 4.74 Å². The standard InChI is InChI=1S/C11H21NO2/c1-3-7-10(11(13)14-2)12-8-5-4-6-9-12/h10H,3-9H2,1-2H3/t10-/m0/s1. The Morgan fingerprint density at radius 3 is 2.50 bits per heavy atom. The number of likely N-dealkylation sites (tertiary alicyclic amines) is 1. The van der Waals surface area contributed by atoms with Crippen molar-refractivity contribution in [1.82, 2.24) is 4.90 Å². The first-order valence-corrected chi connectivity index (χ1v) is 5.61. The molecule has 3 heteroatoms. The lowest BCUT2D eigenvalue weighted by Crippen LogP contribution is -2.44. The number of hydrogen-bond acceptors (Lipinski definition) is 3. The van der Waals surface area contributed by atoms with Crippen LogP contribution in [-0.2, 0) is 9.53 Å². The summed E-state index contributed by atoms with van der Waals surface area (Å²) in [4.78, 5) is 13.8. The molecule has 1 atom stereocenters. The summed E-state index contributed by atoms with van der Waals surface area (Å²) in [6, 6.07) is 0.00491. The van der Waals surface area contributed by atoms with Crippen LogP contribution in [0.4, 0.5) is 0 Å². The van der Waals surface area contributed by atoms with E-state index in [0.29, 0.717) is 0 Å². The van der Waals surface area contributed by atoms with Crippen molar-refractivity contribution in [3.8, 4) is 0 Å². The van der Waals surface area contributed by atoms with Gasteiger partial charge in [0.15, 0.2) is 0 Å². The molecule has 0 bridgehead atoms. The van der Waals surface area contributed by atoms with Gasteiger partial charge >= 0.3 is 5.97 Å². The molecule has 0 aliphatic carbocycles. The number of hydrogen-bond donors (Lipinski definition) is 0. The third-order valence-electron chi connectivity index (χ3n) is 2.87. The second-order valence-corrected chi connectivity index (χ2v) is 3.92. The third kappa shape index (κ3) is 2.98. The Balaban J connectivity index is 2.50. The molecule has 1 heterocycles. The van der Waals surface area contributed by atoms with Gasteiger partial charge in [0.25, 0.3) is 0 Å². The first-order valence-electron chi connectivity index (χ1n) is 5.61. The molecule has 0 radical (unpaired) electrons. The van der Waals surface area contributed by atoms with Crippen LogP contribution < -0.4 is 0 Å². The molecule has 0 spiro atoms. The van der Waals surface area contributed by atoms with Crippen molar-refractivity contribution in [3.05, 3.63) is 0 Å². The number of ether oxygens (including phenoxy) is 1. The molecule has 1 aliphatic rings. The smallest absolute Gasteiger partial charge is 0.323 e. The number of methoxy groups -OCH3 is 1. The Labute approximate surface area is 86.4 Å². The monoisotopic (exact) mass is 199 g/mol. The maximum Gasteiger partial charge on any atom is 0.323 e. The summed E-state index contributed by atoms with van der Waals surface area (Å²) in [7, 11) is 1.48. The van der Waals surface area contributed by atoms with Crippen LogP contribution in [0.2, 0.25) is 0 Å². The predicted octanol–water partition coefficient (Wildman–Crippen LogP) is 1.81. The van der Waals surface area contributed by atoms with Gasteiger partial charge in [-0.15, -0.1) is 0 Å². The highest BCUT2D eigenvalue weighted by molar-refractivity contribution is 5.75. The molecule has 1 saturated heterocycles. The van der Waals surface area contributed by atoms with Crippen LogP contribution in [0.15, 0.2) is 0 Å². The second-order valence-electron chi connectivity index (χ2n) is 3.92. The fourth-order valence-electron chi connectivity index (χ4n) is 2.09. The summed E-state index contributed by atoms with van der Waals surface area (Å²) in [5, 5.41) is 0. The molecule has 0 saturated carbocycles. The minimum atomic E-state index is -0.0613. The summed E-state index contributed by atoms with van der Waals surface area (Å²) in [6.45, 7) is 4.22. The van der Waals surface area contributed by atoms with E-state index in [0.717, 1.165) is 25.9 Å². The molecule has 1 fully saturated rings. The van der Waals surface area contributed by atoms with Crippen LogP contribution in [0, 0.1) is 0 Å². The van der Waals surface area contributed by atoms with Crippen molar-refractivity contribution in [2.75, 3.05) is 20.2 Å². The molecule has 0 aromatic rings. The first kappa shape index (κ1) is 11.5. The Morgan fingerprint density at radius 2 is 2.00 bits per heavy atom. The lowest BCUT2D eigenvalue weighted by atomic mass is 10.1. The zero-order valence-electron chi connectivity index (χ0n) is 9.29. The van der Waals surface area contributed by atoms with E-state index < -0.39 is 0 Å². The Bertz CT molecular complexity index is 176. The summed E-state index contributed by atoms with van der Waals surface area (Å²) in [5.74, 6) is -0.0613. The largest absolute Gasteiger partial charge is 0.468 e. The van der Waals surface area contributed by atoms with Crippen LogP contribution in [0.5, 0.6) is 0 Å². The van der Waals surface area contributed by atoms with Crippen molar-refractivity contribution in [2.45, 2.75) is 45.1 Å². The molecule has 3 nitrogen and oxygen atoms in total. The zero-order valence-corrected chi connectivity index (χ0v) is 9.29. The molecule has 82 valence electrons. The zero-order chi connectivity index (χ0) is 10.4. The normalized spacial score (nSPS) is 20.4. The topological polar surface area (TPSA) is 29.5 Å². The minimum absolute atomic E-state index is 0.00491. The molecule has 0 aromatic heterocycles. The van der Waals surface area contributed by atoms with Gasteiger partial charge in [0.05, 0.1) is 7.11 Å². The average Bonchev–Trinajstić information content (AvgIpc) is 2.26. The van der Waals surface area contributed by atoms with E-state index in [2.05, 4.69) is 11.8 Å². The lowest BCUT2D eigenvalue weighted by Gasteiger charge is -2.32. The van der Waals surface area contributed by atoms with E-state index in [-0.39, 0.29) is 12.0 Å². The summed E-state index contributed by atoms with van der Waals surface area (Å²) >= 11 is 0. The van der Waals surface area contributed by atoms with Gasteiger partial charge in [-0.3, -0.25) is 9.69 Å². The van der Waals surface area contributed by atoms with E-state index in [9.17, 15) is 4.79 Å². The van der Waals surface area contributed by atoms with Gasteiger partial charge < -0.3 is 4.74 Å². The second kappa shape index (κ2) is 6.02. The number of esters is 1. The van der Waals surface area contributed by atoms with Gasteiger partial charge in [-0.25, -0.2) is 0 Å². The highest BCUT2D eigenvalue weighted by Crippen LogP contribution is 2.16. The molecule has 1 rings (SSSR count). The quantitative estimate of drug-likeness (QED) is 0.647. The van der Waals surface area contributed by atoms with Gasteiger partial charge in [-0.2, -0.15) is 0 Å². The first-order chi connectivity index (χ1) is 6.79. The van der Waals surface area contributed by atoms with Crippen LogP contribution in [0.25, 0.3) is 0 Å². The average molecular weight is 199 g/mol. The number of carbonyl (C=O) groups is 1. The van der Waals surface area contributed by atoms with E-state index >= 15 is 0 Å². The van der Waals surface area contributed by atoms with E-state index in [1.165, 1.54) is 26.4 Å². The van der Waals surface area contributed by atoms with Gasteiger partial charge in [0.1, 0.15) is 6.04 Å². The number of piperidine rings is 1. The van der Waals surface area contributed by atoms with Crippen molar-refractivity contribution in [3.63, 3.8) is 0 Å². The van der Waals surface area contributed by atoms with Crippen molar-refractivity contribution in [2.24, 2.45) is 0 Å². The van der Waals surface area contributed by atoms with Crippen LogP contribution in [-0.4, -0.2) is 37.1 Å². The lowest BCUT2D eigenvalue weighted by molar-refractivity contribution is -0.147. The van der Waals surface area contributed by atoms with Crippen molar-refractivity contribution < 1.29 is 9.53 Å². The van der Waals surface area contributed by atoms with Crippen LogP contribution in [0.3, 0.4) is 0 Å². The summed E-state index contributed by atoms with van der Waals surface area (Å²) < 4.78 is 4.84. The Morgan fingerprint density at radius 1 is 1.36 bits per heavy atom. The maximum absolute atomic E-state index is 11.5. The van der Waals surface area contributed by atoms with E-state index in [1.807, 2.05) is 0 Å². The van der Waals surface area contributed by atoms with E-state index in [1.54, 1.807) is 0 Å². The molecule has 1 aliphatic heterocycles. The van der Waals surface area contributed by atoms with Crippen molar-refractivity contribution in [1.29, 1.82) is 0 Å². The molecule has 0 unspecified atom stereocenters. The Hall–Kier alpha value is -0.570. The van der Waals surface area contributed by atoms with Gasteiger partial charge in [0.2, 0.25) is 0 Å². The maximum atomic E-state index is 11.5. The molecule has 0 aromatic carbocycles. The molecule has 14 heavy (non-hydrogen) atoms. The minimum Gasteiger partial charge on any atom is -0.468 e. The molecule has 0 amide bonds. The third-order valence-corrected chi connectivity index (χ3v) is 2.87. The highest BCUT2D eigenvalue weighted by atomic mass is 16.5. The van der Waals surface area contributed by atoms with Crippen LogP contribution >= 0.6 is 0 Å². The number of nitrogens with zero attached hydrogens (tertiary/aromatic N) is 1. The number of rotatable bonds is 4. The van der Waals surface area contributed by atoms with Crippen molar-refractivity contribution >= 4 is 5.97 Å². The summed E-state index contributed by atoms with van der Waals surface area (Å²) in [6.07, 6.45) is 5.70. The summed E-state index contributed by atoms with van der Waals surface area (Å²) in [5.41, 5.74) is 0.